The quantitative estimate of drug-likeness (QED) is 0.409. The fraction of sp³-hybridized carbons (Fsp3) is 0.217. The highest BCUT2D eigenvalue weighted by atomic mass is 35.5. The van der Waals surface area contributed by atoms with E-state index in [1.165, 1.54) is 25.1 Å². The van der Waals surface area contributed by atoms with E-state index in [1.807, 2.05) is 13.1 Å². The van der Waals surface area contributed by atoms with E-state index in [9.17, 15) is 14.3 Å². The Morgan fingerprint density at radius 3 is 2.70 bits per heavy atom. The smallest absolute Gasteiger partial charge is 0.165 e. The number of aryl methyl sites for hydroxylation is 2. The fourth-order valence-corrected chi connectivity index (χ4v) is 4.12. The monoisotopic (exact) mass is 468 g/mol. The summed E-state index contributed by atoms with van der Waals surface area (Å²) in [4.78, 5) is 16.2. The molecule has 3 aromatic heterocycles. The van der Waals surface area contributed by atoms with Crippen LogP contribution < -0.4 is 5.73 Å². The maximum atomic E-state index is 13.8. The van der Waals surface area contributed by atoms with Gasteiger partial charge in [-0.1, -0.05) is 11.6 Å². The molecule has 0 bridgehead atoms. The lowest BCUT2D eigenvalue weighted by Crippen LogP contribution is -2.02. The normalized spacial score (nSPS) is 11.2. The Hall–Kier alpha value is -3.72. The Bertz CT molecular complexity index is 1380. The number of nitrogens with zero attached hydrogens (tertiary/aromatic N) is 5. The number of pyridine rings is 1. The number of nitrogens with two attached hydrogens (primary N) is 1. The molecule has 3 heterocycles. The van der Waals surface area contributed by atoms with Crippen molar-refractivity contribution in [3.05, 3.63) is 64.3 Å². The molecule has 0 atom stereocenters. The van der Waals surface area contributed by atoms with Crippen LogP contribution in [0.25, 0.3) is 22.5 Å². The molecular formula is C23H22ClFN6O2. The highest BCUT2D eigenvalue weighted by Gasteiger charge is 2.23. The first-order chi connectivity index (χ1) is 15.7. The molecule has 0 aliphatic rings. The Kier molecular flexibility index (Phi) is 5.90. The number of aromatic nitrogens is 5. The lowest BCUT2D eigenvalue weighted by molar-refractivity contribution is 0.101. The van der Waals surface area contributed by atoms with E-state index < -0.39 is 5.82 Å². The number of aromatic hydroxyl groups is 1. The topological polar surface area (TPSA) is 112 Å². The first kappa shape index (κ1) is 22.5. The highest BCUT2D eigenvalue weighted by molar-refractivity contribution is 6.30. The second-order valence-corrected chi connectivity index (χ2v) is 8.02. The number of Topliss-reactive ketones (excluding diaryl/α,β-unsaturated/α-hetero) is 1. The molecule has 170 valence electrons. The molecular weight excluding hydrogens is 447 g/mol. The van der Waals surface area contributed by atoms with Gasteiger partial charge in [0, 0.05) is 60.2 Å². The summed E-state index contributed by atoms with van der Waals surface area (Å²) in [6.07, 6.45) is 3.71. The molecule has 0 unspecified atom stereocenters. The molecule has 4 aromatic rings. The zero-order valence-corrected chi connectivity index (χ0v) is 19.1. The number of carbonyl (C=O) groups excluding carboxylic acids is 1. The first-order valence-corrected chi connectivity index (χ1v) is 10.6. The average molecular weight is 469 g/mol. The number of hydrogen-bond acceptors (Lipinski definition) is 6. The summed E-state index contributed by atoms with van der Waals surface area (Å²) in [7, 11) is 1.77. The average Bonchev–Trinajstić information content (AvgIpc) is 3.29. The number of benzene rings is 1. The molecule has 0 saturated carbocycles. The van der Waals surface area contributed by atoms with Gasteiger partial charge in [0.05, 0.1) is 11.4 Å². The van der Waals surface area contributed by atoms with Crippen LogP contribution in [0.5, 0.6) is 5.75 Å². The number of hydrogen-bond donors (Lipinski definition) is 2. The van der Waals surface area contributed by atoms with Crippen molar-refractivity contribution in [2.75, 3.05) is 5.73 Å². The van der Waals surface area contributed by atoms with E-state index in [1.54, 1.807) is 28.7 Å². The molecule has 1 aromatic carbocycles. The summed E-state index contributed by atoms with van der Waals surface area (Å²) in [6.45, 7) is 3.85. The molecule has 10 heteroatoms. The van der Waals surface area contributed by atoms with Crippen LogP contribution in [0.2, 0.25) is 5.15 Å². The minimum Gasteiger partial charge on any atom is -0.504 e. The molecule has 0 aliphatic carbocycles. The van der Waals surface area contributed by atoms with Crippen molar-refractivity contribution in [3.8, 4) is 28.3 Å². The van der Waals surface area contributed by atoms with Gasteiger partial charge in [-0.3, -0.25) is 14.2 Å². The lowest BCUT2D eigenvalue weighted by Gasteiger charge is -2.10. The number of ketones is 1. The van der Waals surface area contributed by atoms with Gasteiger partial charge in [-0.05, 0) is 38.1 Å². The van der Waals surface area contributed by atoms with Crippen LogP contribution in [-0.2, 0) is 20.0 Å². The molecule has 8 nitrogen and oxygen atoms in total. The van der Waals surface area contributed by atoms with E-state index in [4.69, 9.17) is 17.3 Å². The minimum atomic E-state index is -0.494. The second kappa shape index (κ2) is 8.67. The number of halogens is 2. The molecule has 3 N–H and O–H groups in total. The Morgan fingerprint density at radius 2 is 2.03 bits per heavy atom. The third-order valence-corrected chi connectivity index (χ3v) is 5.66. The van der Waals surface area contributed by atoms with E-state index in [0.29, 0.717) is 46.2 Å². The third kappa shape index (κ3) is 4.19. The summed E-state index contributed by atoms with van der Waals surface area (Å²) in [5, 5.41) is 19.4. The van der Waals surface area contributed by atoms with Crippen molar-refractivity contribution in [2.45, 2.75) is 26.8 Å². The largest absolute Gasteiger partial charge is 0.504 e. The Labute approximate surface area is 194 Å². The molecule has 4 rings (SSSR count). The number of nitrogen functional groups attached to an aromatic ring is 1. The van der Waals surface area contributed by atoms with Gasteiger partial charge < -0.3 is 10.8 Å². The van der Waals surface area contributed by atoms with Crippen LogP contribution in [0.1, 0.15) is 35.3 Å². The van der Waals surface area contributed by atoms with Gasteiger partial charge in [0.25, 0.3) is 0 Å². The SMILES string of the molecule is CCn1nc(Cl)c(Cc2cn(C)nc2-c2ccc(F)cc2C(C)=O)c1-c1cnc(N)c(O)c1. The van der Waals surface area contributed by atoms with Crippen molar-refractivity contribution < 1.29 is 14.3 Å². The van der Waals surface area contributed by atoms with Gasteiger partial charge in [-0.2, -0.15) is 10.2 Å². The van der Waals surface area contributed by atoms with Gasteiger partial charge in [-0.15, -0.1) is 0 Å². The standard InChI is InChI=1S/C23H22ClFN6O2/c1-4-31-21(13-8-19(33)23(26)27-10-13)18(22(24)29-31)7-14-11-30(3)28-20(14)16-6-5-15(25)9-17(16)12(2)32/h5-6,8-11,33H,4,7H2,1-3H3,(H2,26,27). The number of carbonyl (C=O) groups is 1. The van der Waals surface area contributed by atoms with Gasteiger partial charge in [0.15, 0.2) is 22.5 Å². The molecule has 0 radical (unpaired) electrons. The van der Waals surface area contributed by atoms with E-state index in [0.717, 1.165) is 5.56 Å². The third-order valence-electron chi connectivity index (χ3n) is 5.36. The van der Waals surface area contributed by atoms with Gasteiger partial charge in [0.1, 0.15) is 5.82 Å². The molecule has 0 aliphatic heterocycles. The number of anilines is 1. The minimum absolute atomic E-state index is 0.0246. The summed E-state index contributed by atoms with van der Waals surface area (Å²) in [5.41, 5.74) is 9.76. The Balaban J connectivity index is 1.87. The molecule has 33 heavy (non-hydrogen) atoms. The van der Waals surface area contributed by atoms with Crippen molar-refractivity contribution in [3.63, 3.8) is 0 Å². The van der Waals surface area contributed by atoms with Crippen LogP contribution in [-0.4, -0.2) is 35.4 Å². The van der Waals surface area contributed by atoms with Crippen LogP contribution in [0.15, 0.2) is 36.7 Å². The van der Waals surface area contributed by atoms with Crippen LogP contribution in [0, 0.1) is 5.82 Å². The fourth-order valence-electron chi connectivity index (χ4n) is 3.87. The summed E-state index contributed by atoms with van der Waals surface area (Å²) in [5.74, 6) is -0.872. The van der Waals surface area contributed by atoms with Gasteiger partial charge >= 0.3 is 0 Å². The zero-order valence-electron chi connectivity index (χ0n) is 18.3. The van der Waals surface area contributed by atoms with Crippen molar-refractivity contribution in [2.24, 2.45) is 7.05 Å². The van der Waals surface area contributed by atoms with Crippen molar-refractivity contribution in [1.29, 1.82) is 0 Å². The van der Waals surface area contributed by atoms with E-state index in [-0.39, 0.29) is 22.9 Å². The van der Waals surface area contributed by atoms with Crippen molar-refractivity contribution >= 4 is 23.2 Å². The zero-order chi connectivity index (χ0) is 23.9. The summed E-state index contributed by atoms with van der Waals surface area (Å²) >= 11 is 6.54. The molecule has 0 amide bonds. The van der Waals surface area contributed by atoms with E-state index >= 15 is 0 Å². The maximum absolute atomic E-state index is 13.8. The lowest BCUT2D eigenvalue weighted by atomic mass is 9.96. The van der Waals surface area contributed by atoms with Gasteiger partial charge in [0.2, 0.25) is 0 Å². The maximum Gasteiger partial charge on any atom is 0.165 e. The molecule has 0 saturated heterocycles. The van der Waals surface area contributed by atoms with Crippen LogP contribution in [0.4, 0.5) is 10.2 Å². The summed E-state index contributed by atoms with van der Waals surface area (Å²) < 4.78 is 17.2. The molecule has 0 fully saturated rings. The highest BCUT2D eigenvalue weighted by Crippen LogP contribution is 2.36. The second-order valence-electron chi connectivity index (χ2n) is 7.66. The predicted molar refractivity (Wildman–Crippen MR) is 124 cm³/mol. The summed E-state index contributed by atoms with van der Waals surface area (Å²) in [6, 6.07) is 5.59. The first-order valence-electron chi connectivity index (χ1n) is 10.2. The predicted octanol–water partition coefficient (Wildman–Crippen LogP) is 4.24. The van der Waals surface area contributed by atoms with Crippen LogP contribution >= 0.6 is 11.6 Å². The van der Waals surface area contributed by atoms with Crippen molar-refractivity contribution in [1.82, 2.24) is 24.5 Å². The van der Waals surface area contributed by atoms with E-state index in [2.05, 4.69) is 15.2 Å². The van der Waals surface area contributed by atoms with Gasteiger partial charge in [-0.25, -0.2) is 9.37 Å². The van der Waals surface area contributed by atoms with Crippen LogP contribution in [0.3, 0.4) is 0 Å². The molecule has 0 spiro atoms. The number of rotatable bonds is 6. The Morgan fingerprint density at radius 1 is 1.27 bits per heavy atom.